The molecule has 1 fully saturated rings. The number of hydrogen-bond acceptors (Lipinski definition) is 7. The van der Waals surface area contributed by atoms with Crippen LogP contribution in [0, 0.1) is 28.4 Å². The minimum absolute atomic E-state index is 0.0615. The van der Waals surface area contributed by atoms with Crippen LogP contribution >= 0.6 is 0 Å². The van der Waals surface area contributed by atoms with Crippen LogP contribution < -0.4 is 20.1 Å². The van der Waals surface area contributed by atoms with E-state index in [-0.39, 0.29) is 42.3 Å². The van der Waals surface area contributed by atoms with Gasteiger partial charge in [-0.05, 0) is 43.7 Å². The fourth-order valence-electron chi connectivity index (χ4n) is 5.34. The number of hydrogen-bond donors (Lipinski definition) is 2. The smallest absolute Gasteiger partial charge is 0.319 e. The zero-order chi connectivity index (χ0) is 35.5. The van der Waals surface area contributed by atoms with Crippen LogP contribution in [0.5, 0.6) is 17.2 Å². The summed E-state index contributed by atoms with van der Waals surface area (Å²) in [4.78, 5) is 17.0. The molecule has 0 bridgehead atoms. The third kappa shape index (κ3) is 8.56. The second-order valence-electron chi connectivity index (χ2n) is 14.4. The fourth-order valence-corrected chi connectivity index (χ4v) is 6.10. The van der Waals surface area contributed by atoms with Crippen LogP contribution in [0.25, 0.3) is 22.2 Å². The monoisotopic (exact) mass is 691 g/mol. The highest BCUT2D eigenvalue weighted by molar-refractivity contribution is 6.76. The lowest BCUT2D eigenvalue weighted by Crippen LogP contribution is -2.53. The van der Waals surface area contributed by atoms with Crippen LogP contribution in [-0.2, 0) is 16.2 Å². The standard InChI is InChI=1S/C36H43F2N5O5Si/c1-22(2)47-29-9-8-23(14-24(29)17-39)26-19-43(21-45-12-13-49(5,6)7)34-32(26)30(10-11-40-34)48-33-27(37)15-25(16-28(33)38)42-35(44)41-18-31-36(3,4)20-46-31/h8-11,14-16,19,22,31H,12-13,18,20-21H2,1-7H3,(H2,41,42,44)/t31-/m1/s1. The van der Waals surface area contributed by atoms with Gasteiger partial charge in [0.25, 0.3) is 0 Å². The molecule has 4 aromatic rings. The van der Waals surface area contributed by atoms with E-state index in [4.69, 9.17) is 18.9 Å². The Morgan fingerprint density at radius 3 is 2.51 bits per heavy atom. The summed E-state index contributed by atoms with van der Waals surface area (Å²) in [5.74, 6) is -2.09. The van der Waals surface area contributed by atoms with Crippen molar-refractivity contribution in [1.29, 1.82) is 5.26 Å². The van der Waals surface area contributed by atoms with Gasteiger partial charge in [-0.2, -0.15) is 5.26 Å². The number of nitrogens with one attached hydrogen (secondary N) is 2. The highest BCUT2D eigenvalue weighted by atomic mass is 28.3. The number of halogens is 2. The van der Waals surface area contributed by atoms with Crippen LogP contribution in [0.4, 0.5) is 19.3 Å². The summed E-state index contributed by atoms with van der Waals surface area (Å²) in [6.45, 7) is 16.2. The van der Waals surface area contributed by atoms with Crippen molar-refractivity contribution in [3.8, 4) is 34.4 Å². The number of ether oxygens (including phenoxy) is 4. The van der Waals surface area contributed by atoms with Gasteiger partial charge in [-0.3, -0.25) is 0 Å². The highest BCUT2D eigenvalue weighted by Crippen LogP contribution is 2.41. The third-order valence-electron chi connectivity index (χ3n) is 8.16. The molecule has 13 heteroatoms. The molecular formula is C36H43F2N5O5Si. The summed E-state index contributed by atoms with van der Waals surface area (Å²) in [7, 11) is -1.33. The molecule has 2 aromatic heterocycles. The lowest BCUT2D eigenvalue weighted by atomic mass is 9.82. The number of anilines is 1. The number of aromatic nitrogens is 2. The first-order chi connectivity index (χ1) is 23.1. The molecule has 0 aliphatic carbocycles. The first-order valence-corrected chi connectivity index (χ1v) is 20.0. The van der Waals surface area contributed by atoms with Gasteiger partial charge in [0.15, 0.2) is 17.4 Å². The predicted molar refractivity (Wildman–Crippen MR) is 187 cm³/mol. The number of nitriles is 1. The Morgan fingerprint density at radius 1 is 1.16 bits per heavy atom. The molecule has 1 saturated heterocycles. The Hall–Kier alpha value is -4.51. The molecule has 2 amide bonds. The number of rotatable bonds is 13. The second-order valence-corrected chi connectivity index (χ2v) is 20.0. The quantitative estimate of drug-likeness (QED) is 0.107. The summed E-state index contributed by atoms with van der Waals surface area (Å²) in [5.41, 5.74) is 1.93. The van der Waals surface area contributed by atoms with Crippen LogP contribution in [0.15, 0.2) is 48.8 Å². The maximum Gasteiger partial charge on any atom is 0.319 e. The zero-order valence-electron chi connectivity index (χ0n) is 28.9. The Labute approximate surface area is 286 Å². The molecule has 0 unspecified atom stereocenters. The number of benzene rings is 2. The fraction of sp³-hybridized carbons (Fsp3) is 0.417. The molecule has 1 atom stereocenters. The van der Waals surface area contributed by atoms with Crippen LogP contribution in [0.3, 0.4) is 0 Å². The van der Waals surface area contributed by atoms with E-state index in [0.717, 1.165) is 18.2 Å². The van der Waals surface area contributed by atoms with E-state index in [1.165, 1.54) is 12.3 Å². The third-order valence-corrected chi connectivity index (χ3v) is 9.87. The van der Waals surface area contributed by atoms with Gasteiger partial charge in [0.1, 0.15) is 29.9 Å². The number of fused-ring (bicyclic) bond motifs is 1. The maximum atomic E-state index is 15.5. The molecule has 0 radical (unpaired) electrons. The Balaban J connectivity index is 1.46. The van der Waals surface area contributed by atoms with Gasteiger partial charge in [-0.25, -0.2) is 18.6 Å². The predicted octanol–water partition coefficient (Wildman–Crippen LogP) is 8.29. The lowest BCUT2D eigenvalue weighted by Gasteiger charge is -2.44. The molecule has 0 spiro atoms. The Bertz CT molecular complexity index is 1860. The largest absolute Gasteiger partial charge is 0.490 e. The molecule has 2 aromatic carbocycles. The number of nitrogens with zero attached hydrogens (tertiary/aromatic N) is 3. The van der Waals surface area contributed by atoms with E-state index in [0.29, 0.717) is 46.7 Å². The van der Waals surface area contributed by atoms with Gasteiger partial charge >= 0.3 is 6.03 Å². The SMILES string of the molecule is CC(C)Oc1ccc(-c2cn(COCC[Si](C)(C)C)c3nccc(Oc4c(F)cc(NC(=O)NC[C@H]5OCC5(C)C)cc4F)c23)cc1C#N. The van der Waals surface area contributed by atoms with Crippen molar-refractivity contribution in [3.05, 3.63) is 66.0 Å². The van der Waals surface area contributed by atoms with Crippen molar-refractivity contribution < 1.29 is 32.5 Å². The van der Waals surface area contributed by atoms with Gasteiger partial charge in [-0.1, -0.05) is 39.6 Å². The molecular weight excluding hydrogens is 649 g/mol. The number of amides is 2. The van der Waals surface area contributed by atoms with Gasteiger partial charge < -0.3 is 34.1 Å². The van der Waals surface area contributed by atoms with Crippen molar-refractivity contribution >= 4 is 30.8 Å². The topological polar surface area (TPSA) is 120 Å². The minimum atomic E-state index is -1.33. The zero-order valence-corrected chi connectivity index (χ0v) is 29.9. The molecule has 10 nitrogen and oxygen atoms in total. The van der Waals surface area contributed by atoms with Crippen molar-refractivity contribution in [1.82, 2.24) is 14.9 Å². The van der Waals surface area contributed by atoms with Gasteiger partial charge in [-0.15, -0.1) is 0 Å². The lowest BCUT2D eigenvalue weighted by molar-refractivity contribution is -0.163. The summed E-state index contributed by atoms with van der Waals surface area (Å²) >= 11 is 0. The van der Waals surface area contributed by atoms with E-state index in [2.05, 4.69) is 41.3 Å². The van der Waals surface area contributed by atoms with Gasteiger partial charge in [0.05, 0.1) is 29.8 Å². The summed E-state index contributed by atoms with van der Waals surface area (Å²) in [5, 5.41) is 15.5. The molecule has 1 aliphatic heterocycles. The molecule has 49 heavy (non-hydrogen) atoms. The number of urea groups is 1. The first-order valence-electron chi connectivity index (χ1n) is 16.3. The molecule has 5 rings (SSSR count). The van der Waals surface area contributed by atoms with E-state index in [9.17, 15) is 10.1 Å². The first kappa shape index (κ1) is 35.8. The van der Waals surface area contributed by atoms with Crippen molar-refractivity contribution in [2.45, 2.75) is 72.3 Å². The second kappa shape index (κ2) is 14.5. The van der Waals surface area contributed by atoms with Crippen LogP contribution in [-0.4, -0.2) is 55.6 Å². The summed E-state index contributed by atoms with van der Waals surface area (Å²) in [6.07, 6.45) is 3.04. The van der Waals surface area contributed by atoms with Gasteiger partial charge in [0, 0.05) is 62.4 Å². The number of carbonyl (C=O) groups excluding carboxylic acids is 1. The van der Waals surface area contributed by atoms with E-state index < -0.39 is 31.5 Å². The number of carbonyl (C=O) groups is 1. The minimum Gasteiger partial charge on any atom is -0.490 e. The molecule has 260 valence electrons. The van der Waals surface area contributed by atoms with Crippen LogP contribution in [0.2, 0.25) is 25.7 Å². The normalized spacial score (nSPS) is 15.5. The Kier molecular flexibility index (Phi) is 10.6. The average Bonchev–Trinajstić information content (AvgIpc) is 3.39. The van der Waals surface area contributed by atoms with E-state index >= 15 is 8.78 Å². The Morgan fingerprint density at radius 2 is 1.90 bits per heavy atom. The molecule has 3 heterocycles. The van der Waals surface area contributed by atoms with E-state index in [1.54, 1.807) is 16.7 Å². The average molecular weight is 692 g/mol. The van der Waals surface area contributed by atoms with Gasteiger partial charge in [0.2, 0.25) is 0 Å². The van der Waals surface area contributed by atoms with E-state index in [1.807, 2.05) is 40.0 Å². The van der Waals surface area contributed by atoms with Crippen molar-refractivity contribution in [2.75, 3.05) is 25.1 Å². The summed E-state index contributed by atoms with van der Waals surface area (Å²) < 4.78 is 56.0. The van der Waals surface area contributed by atoms with Crippen LogP contribution in [0.1, 0.15) is 33.3 Å². The molecule has 1 aliphatic rings. The molecule has 0 saturated carbocycles. The number of pyridine rings is 1. The molecule has 2 N–H and O–H groups in total. The van der Waals surface area contributed by atoms with Crippen molar-refractivity contribution in [2.24, 2.45) is 5.41 Å². The maximum absolute atomic E-state index is 15.5. The highest BCUT2D eigenvalue weighted by Gasteiger charge is 2.40. The summed E-state index contributed by atoms with van der Waals surface area (Å²) in [6, 6.07) is 11.3. The van der Waals surface area contributed by atoms with Crippen molar-refractivity contribution in [3.63, 3.8) is 0 Å².